The van der Waals surface area contributed by atoms with Crippen LogP contribution < -0.4 is 10.4 Å². The van der Waals surface area contributed by atoms with Crippen LogP contribution in [0.5, 0.6) is 0 Å². The van der Waals surface area contributed by atoms with Gasteiger partial charge < -0.3 is 14.3 Å². The number of aryl methyl sites for hydroxylation is 1. The zero-order chi connectivity index (χ0) is 34.8. The zero-order valence-electron chi connectivity index (χ0n) is 31.1. The first-order chi connectivity index (χ1) is 24.2. The van der Waals surface area contributed by atoms with Crippen molar-refractivity contribution in [3.63, 3.8) is 0 Å². The molecule has 1 aliphatic heterocycles. The summed E-state index contributed by atoms with van der Waals surface area (Å²) >= 11 is 0. The Labute approximate surface area is 301 Å². The molecule has 4 aromatic carbocycles. The summed E-state index contributed by atoms with van der Waals surface area (Å²) in [7, 11) is 2.23. The normalized spacial score (nSPS) is 17.1. The minimum atomic E-state index is -2.02. The van der Waals surface area contributed by atoms with Crippen LogP contribution >= 0.6 is 0 Å². The van der Waals surface area contributed by atoms with Crippen molar-refractivity contribution in [1.29, 1.82) is 0 Å². The molecule has 0 atom stereocenters. The molecule has 0 spiro atoms. The van der Waals surface area contributed by atoms with Crippen LogP contribution in [-0.2, 0) is 13.0 Å². The first-order valence-corrected chi connectivity index (χ1v) is 21.3. The fraction of sp³-hybridized carbons (Fsp3) is 0.444. The van der Waals surface area contributed by atoms with Gasteiger partial charge in [0.2, 0.25) is 0 Å². The zero-order valence-corrected chi connectivity index (χ0v) is 32.1. The number of fused-ring (bicyclic) bond motifs is 1. The minimum absolute atomic E-state index is 0.234. The molecule has 7 rings (SSSR count). The average Bonchev–Trinajstić information content (AvgIpc) is 3.76. The van der Waals surface area contributed by atoms with E-state index in [1.54, 1.807) is 10.4 Å². The van der Waals surface area contributed by atoms with Gasteiger partial charge in [-0.2, -0.15) is 0 Å². The fourth-order valence-electron chi connectivity index (χ4n) is 9.16. The predicted molar refractivity (Wildman–Crippen MR) is 213 cm³/mol. The molecular formula is C45H57N3OSi. The number of benzene rings is 4. The second-order valence-corrected chi connectivity index (χ2v) is 21.8. The van der Waals surface area contributed by atoms with Crippen LogP contribution in [0.2, 0.25) is 11.1 Å². The highest BCUT2D eigenvalue weighted by Crippen LogP contribution is 2.53. The van der Waals surface area contributed by atoms with Gasteiger partial charge in [0.05, 0.1) is 5.69 Å². The molecule has 262 valence electrons. The van der Waals surface area contributed by atoms with E-state index in [1.165, 1.54) is 86.3 Å². The van der Waals surface area contributed by atoms with Crippen molar-refractivity contribution in [1.82, 2.24) is 15.0 Å². The lowest BCUT2D eigenvalue weighted by Crippen LogP contribution is -2.64. The second-order valence-electron chi connectivity index (χ2n) is 16.8. The molecule has 1 aliphatic carbocycles. The minimum Gasteiger partial charge on any atom is -0.356 e. The molecule has 4 nitrogen and oxygen atoms in total. The Kier molecular flexibility index (Phi) is 10.2. The Morgan fingerprint density at radius 1 is 0.820 bits per heavy atom. The van der Waals surface area contributed by atoms with E-state index in [1.807, 2.05) is 0 Å². The molecule has 0 bridgehead atoms. The third-order valence-corrected chi connectivity index (χ3v) is 18.4. The average molecular weight is 684 g/mol. The van der Waals surface area contributed by atoms with Crippen LogP contribution in [0.3, 0.4) is 0 Å². The van der Waals surface area contributed by atoms with Gasteiger partial charge in [-0.15, -0.1) is 0 Å². The first kappa shape index (κ1) is 34.9. The monoisotopic (exact) mass is 683 g/mol. The first-order valence-electron chi connectivity index (χ1n) is 19.1. The summed E-state index contributed by atoms with van der Waals surface area (Å²) in [6.07, 6.45) is 8.92. The van der Waals surface area contributed by atoms with Crippen molar-refractivity contribution in [2.75, 3.05) is 33.7 Å². The highest BCUT2D eigenvalue weighted by Gasteiger charge is 2.51. The third-order valence-electron chi connectivity index (χ3n) is 12.2. The smallest absolute Gasteiger partial charge is 0.172 e. The maximum Gasteiger partial charge on any atom is 0.172 e. The molecule has 2 aliphatic rings. The highest BCUT2D eigenvalue weighted by atomic mass is 28.3. The van der Waals surface area contributed by atoms with Crippen molar-refractivity contribution < 1.29 is 4.52 Å². The van der Waals surface area contributed by atoms with Gasteiger partial charge in [-0.25, -0.2) is 0 Å². The van der Waals surface area contributed by atoms with Crippen LogP contribution in [-0.4, -0.2) is 56.8 Å². The lowest BCUT2D eigenvalue weighted by atomic mass is 9.90. The number of aromatic nitrogens is 1. The third kappa shape index (κ3) is 7.28. The predicted octanol–water partition coefficient (Wildman–Crippen LogP) is 9.43. The van der Waals surface area contributed by atoms with E-state index < -0.39 is 8.07 Å². The van der Waals surface area contributed by atoms with Gasteiger partial charge in [0.1, 0.15) is 8.07 Å². The molecule has 50 heavy (non-hydrogen) atoms. The Morgan fingerprint density at radius 2 is 1.42 bits per heavy atom. The van der Waals surface area contributed by atoms with Gasteiger partial charge in [0.25, 0.3) is 0 Å². The number of hydrogen-bond acceptors (Lipinski definition) is 4. The maximum absolute atomic E-state index is 6.10. The van der Waals surface area contributed by atoms with Crippen molar-refractivity contribution in [3.8, 4) is 11.1 Å². The van der Waals surface area contributed by atoms with Crippen molar-refractivity contribution in [2.24, 2.45) is 11.3 Å². The molecule has 2 fully saturated rings. The molecular weight excluding hydrogens is 627 g/mol. The van der Waals surface area contributed by atoms with Gasteiger partial charge in [-0.1, -0.05) is 133 Å². The maximum atomic E-state index is 6.10. The Bertz CT molecular complexity index is 1790. The van der Waals surface area contributed by atoms with Crippen LogP contribution in [0.4, 0.5) is 0 Å². The van der Waals surface area contributed by atoms with Crippen LogP contribution in [0.15, 0.2) is 108 Å². The lowest BCUT2D eigenvalue weighted by molar-refractivity contribution is 0.147. The molecule has 5 aromatic rings. The molecule has 1 saturated heterocycles. The van der Waals surface area contributed by atoms with E-state index >= 15 is 0 Å². The largest absolute Gasteiger partial charge is 0.356 e. The van der Waals surface area contributed by atoms with E-state index in [9.17, 15) is 0 Å². The number of rotatable bonds is 13. The van der Waals surface area contributed by atoms with Crippen molar-refractivity contribution in [3.05, 3.63) is 114 Å². The highest BCUT2D eigenvalue weighted by molar-refractivity contribution is 7.04. The molecule has 5 heteroatoms. The standard InChI is InChI=1S/C45H57N3OSi/c1-44(2,3)50(37-17-11-7-12-18-37,38-19-13-8-14-20-38)32-29-45(27-28-45)34-48-30-25-35(26-31-48)21-24-42-40-23-22-39(36-15-9-6-10-16-36)41(33-47(4)5)43(40)49-46-42/h6-20,22-23,35H,21,24-34H2,1-5H3. The van der Waals surface area contributed by atoms with E-state index in [0.717, 1.165) is 30.2 Å². The van der Waals surface area contributed by atoms with Gasteiger partial charge >= 0.3 is 0 Å². The SMILES string of the molecule is CN(C)Cc1c(-c2ccccc2)ccc2c(CCC3CCN(CC4(CC[Si](c5ccccc5)(c5ccccc5)C(C)(C)C)CC4)CC3)noc12. The summed E-state index contributed by atoms with van der Waals surface area (Å²) in [4.78, 5) is 5.04. The van der Waals surface area contributed by atoms with Crippen molar-refractivity contribution >= 4 is 29.4 Å². The van der Waals surface area contributed by atoms with E-state index in [4.69, 9.17) is 4.52 Å². The summed E-state index contributed by atoms with van der Waals surface area (Å²) in [6, 6.07) is 39.6. The molecule has 0 unspecified atom stereocenters. The number of piperidine rings is 1. The van der Waals surface area contributed by atoms with Crippen molar-refractivity contribution in [2.45, 2.75) is 83.3 Å². The molecule has 0 amide bonds. The molecule has 0 radical (unpaired) electrons. The van der Waals surface area contributed by atoms with E-state index in [-0.39, 0.29) is 5.04 Å². The van der Waals surface area contributed by atoms with Crippen LogP contribution in [0.25, 0.3) is 22.1 Å². The number of hydrogen-bond donors (Lipinski definition) is 0. The van der Waals surface area contributed by atoms with Crippen LogP contribution in [0, 0.1) is 11.3 Å². The quantitative estimate of drug-likeness (QED) is 0.116. The summed E-state index contributed by atoms with van der Waals surface area (Å²) in [5.41, 5.74) is 6.28. The molecule has 1 saturated carbocycles. The topological polar surface area (TPSA) is 32.5 Å². The van der Waals surface area contributed by atoms with E-state index in [2.05, 4.69) is 153 Å². The summed E-state index contributed by atoms with van der Waals surface area (Å²) in [5.74, 6) is 0.759. The Morgan fingerprint density at radius 3 is 1.98 bits per heavy atom. The Hall–Kier alpha value is -3.51. The Balaban J connectivity index is 0.980. The van der Waals surface area contributed by atoms with Gasteiger partial charge in [-0.3, -0.25) is 0 Å². The second kappa shape index (κ2) is 14.6. The summed E-state index contributed by atoms with van der Waals surface area (Å²) in [5, 5.41) is 9.27. The summed E-state index contributed by atoms with van der Waals surface area (Å²) in [6.45, 7) is 12.1. The summed E-state index contributed by atoms with van der Waals surface area (Å²) < 4.78 is 6.10. The van der Waals surface area contributed by atoms with Gasteiger partial charge in [0, 0.05) is 24.0 Å². The number of nitrogens with zero attached hydrogens (tertiary/aromatic N) is 3. The van der Waals surface area contributed by atoms with Gasteiger partial charge in [0.15, 0.2) is 5.58 Å². The molecule has 1 aromatic heterocycles. The fourth-order valence-corrected chi connectivity index (χ4v) is 15.0. The van der Waals surface area contributed by atoms with Gasteiger partial charge in [-0.05, 0) is 112 Å². The lowest BCUT2D eigenvalue weighted by Gasteiger charge is -2.45. The number of likely N-dealkylation sites (tertiary alicyclic amines) is 1. The molecule has 2 heterocycles. The molecule has 0 N–H and O–H groups in total. The van der Waals surface area contributed by atoms with Crippen LogP contribution in [0.1, 0.15) is 70.6 Å². The van der Waals surface area contributed by atoms with E-state index in [0.29, 0.717) is 5.41 Å².